The molecule has 3 aliphatic rings. The van der Waals surface area contributed by atoms with E-state index in [1.165, 1.54) is 6.07 Å². The van der Waals surface area contributed by atoms with Gasteiger partial charge in [0, 0.05) is 19.6 Å². The van der Waals surface area contributed by atoms with Crippen LogP contribution in [-0.4, -0.2) is 63.6 Å². The number of nitrogens with zero attached hydrogens (tertiary/aromatic N) is 2. The highest BCUT2D eigenvalue weighted by Crippen LogP contribution is 2.41. The number of hydrogen-bond acceptors (Lipinski definition) is 4. The summed E-state index contributed by atoms with van der Waals surface area (Å²) in [7, 11) is 0. The Hall–Kier alpha value is -2.08. The van der Waals surface area contributed by atoms with E-state index in [0.29, 0.717) is 26.1 Å². The van der Waals surface area contributed by atoms with Crippen LogP contribution in [0.4, 0.5) is 0 Å². The lowest BCUT2D eigenvalue weighted by Crippen LogP contribution is -2.62. The number of amides is 2. The standard InChI is InChI=1S/C22H30N2O4/c1-21(2)14-23(15-22(28-21)11-5-6-12-22)20(27)17-9-7-13-24(17)19(26)16-8-3-4-10-18(16)25/h3-4,8,10,17,25H,5-7,9,11-15H2,1-2H3. The van der Waals surface area contributed by atoms with E-state index in [1.807, 2.05) is 18.7 Å². The van der Waals surface area contributed by atoms with Gasteiger partial charge in [-0.1, -0.05) is 25.0 Å². The van der Waals surface area contributed by atoms with Crippen molar-refractivity contribution in [3.63, 3.8) is 0 Å². The zero-order valence-electron chi connectivity index (χ0n) is 16.8. The molecular formula is C22H30N2O4. The number of benzene rings is 1. The first-order valence-electron chi connectivity index (χ1n) is 10.4. The first kappa shape index (κ1) is 19.2. The summed E-state index contributed by atoms with van der Waals surface area (Å²) in [6.45, 7) is 5.80. The molecule has 1 spiro atoms. The van der Waals surface area contributed by atoms with E-state index in [-0.39, 0.29) is 34.3 Å². The van der Waals surface area contributed by atoms with Crippen LogP contribution >= 0.6 is 0 Å². The van der Waals surface area contributed by atoms with Gasteiger partial charge in [-0.25, -0.2) is 0 Å². The van der Waals surface area contributed by atoms with Gasteiger partial charge >= 0.3 is 0 Å². The molecule has 2 heterocycles. The van der Waals surface area contributed by atoms with Crippen LogP contribution in [0, 0.1) is 0 Å². The predicted molar refractivity (Wildman–Crippen MR) is 105 cm³/mol. The lowest BCUT2D eigenvalue weighted by atomic mass is 9.93. The molecule has 28 heavy (non-hydrogen) atoms. The van der Waals surface area contributed by atoms with Crippen LogP contribution in [0.15, 0.2) is 24.3 Å². The normalized spacial score (nSPS) is 26.0. The maximum atomic E-state index is 13.5. The average Bonchev–Trinajstić information content (AvgIpc) is 3.29. The zero-order chi connectivity index (χ0) is 19.9. The summed E-state index contributed by atoms with van der Waals surface area (Å²) in [4.78, 5) is 30.1. The Kier molecular flexibility index (Phi) is 4.86. The molecule has 6 nitrogen and oxygen atoms in total. The van der Waals surface area contributed by atoms with Crippen LogP contribution in [0.5, 0.6) is 5.75 Å². The van der Waals surface area contributed by atoms with Gasteiger partial charge in [0.1, 0.15) is 11.8 Å². The maximum absolute atomic E-state index is 13.5. The molecule has 1 saturated carbocycles. The van der Waals surface area contributed by atoms with Crippen molar-refractivity contribution in [2.75, 3.05) is 19.6 Å². The number of rotatable bonds is 2. The monoisotopic (exact) mass is 386 g/mol. The molecule has 1 aromatic rings. The van der Waals surface area contributed by atoms with Gasteiger partial charge in [0.25, 0.3) is 5.91 Å². The second kappa shape index (κ2) is 7.07. The fourth-order valence-electron chi connectivity index (χ4n) is 5.24. The number of para-hydroxylation sites is 1. The summed E-state index contributed by atoms with van der Waals surface area (Å²) in [5, 5.41) is 10.1. The highest BCUT2D eigenvalue weighted by Gasteiger charge is 2.49. The van der Waals surface area contributed by atoms with Crippen LogP contribution in [0.3, 0.4) is 0 Å². The van der Waals surface area contributed by atoms with Gasteiger partial charge in [0.15, 0.2) is 0 Å². The van der Waals surface area contributed by atoms with Gasteiger partial charge in [-0.2, -0.15) is 0 Å². The Morgan fingerprint density at radius 1 is 1.11 bits per heavy atom. The Morgan fingerprint density at radius 2 is 1.82 bits per heavy atom. The minimum atomic E-state index is -0.459. The van der Waals surface area contributed by atoms with Crippen LogP contribution in [0.25, 0.3) is 0 Å². The molecule has 0 radical (unpaired) electrons. The SMILES string of the molecule is CC1(C)CN(C(=O)C2CCCN2C(=O)c2ccccc2O)CC2(CCCC2)O1. The topological polar surface area (TPSA) is 70.1 Å². The molecule has 4 rings (SSSR count). The van der Waals surface area contributed by atoms with Gasteiger partial charge in [0.05, 0.1) is 16.8 Å². The van der Waals surface area contributed by atoms with E-state index >= 15 is 0 Å². The van der Waals surface area contributed by atoms with Gasteiger partial charge in [0.2, 0.25) is 5.91 Å². The molecule has 0 aromatic heterocycles. The summed E-state index contributed by atoms with van der Waals surface area (Å²) < 4.78 is 6.42. The maximum Gasteiger partial charge on any atom is 0.258 e. The van der Waals surface area contributed by atoms with Crippen molar-refractivity contribution < 1.29 is 19.4 Å². The van der Waals surface area contributed by atoms with Crippen molar-refractivity contribution in [1.29, 1.82) is 0 Å². The van der Waals surface area contributed by atoms with Gasteiger partial charge < -0.3 is 19.6 Å². The number of hydrogen-bond donors (Lipinski definition) is 1. The Morgan fingerprint density at radius 3 is 2.54 bits per heavy atom. The molecule has 1 aromatic carbocycles. The van der Waals surface area contributed by atoms with Gasteiger partial charge in [-0.15, -0.1) is 0 Å². The number of aromatic hydroxyl groups is 1. The number of phenolic OH excluding ortho intramolecular Hbond substituents is 1. The molecule has 1 unspecified atom stereocenters. The van der Waals surface area contributed by atoms with Crippen molar-refractivity contribution >= 4 is 11.8 Å². The number of morpholine rings is 1. The predicted octanol–water partition coefficient (Wildman–Crippen LogP) is 2.95. The van der Waals surface area contributed by atoms with E-state index < -0.39 is 6.04 Å². The van der Waals surface area contributed by atoms with Gasteiger partial charge in [-0.3, -0.25) is 9.59 Å². The highest BCUT2D eigenvalue weighted by molar-refractivity contribution is 6.00. The van der Waals surface area contributed by atoms with E-state index in [9.17, 15) is 14.7 Å². The number of ether oxygens (including phenoxy) is 1. The summed E-state index contributed by atoms with van der Waals surface area (Å²) in [5.41, 5.74) is -0.358. The third-order valence-corrected chi connectivity index (χ3v) is 6.30. The third-order valence-electron chi connectivity index (χ3n) is 6.30. The van der Waals surface area contributed by atoms with Crippen molar-refractivity contribution in [2.24, 2.45) is 0 Å². The first-order chi connectivity index (χ1) is 13.3. The average molecular weight is 386 g/mol. The largest absolute Gasteiger partial charge is 0.507 e. The quantitative estimate of drug-likeness (QED) is 0.848. The summed E-state index contributed by atoms with van der Waals surface area (Å²) in [6, 6.07) is 6.08. The number of carbonyl (C=O) groups is 2. The lowest BCUT2D eigenvalue weighted by molar-refractivity contribution is -0.199. The smallest absolute Gasteiger partial charge is 0.258 e. The summed E-state index contributed by atoms with van der Waals surface area (Å²) in [5.74, 6) is -0.288. The van der Waals surface area contributed by atoms with Crippen molar-refractivity contribution in [1.82, 2.24) is 9.80 Å². The van der Waals surface area contributed by atoms with Crippen LogP contribution in [0.1, 0.15) is 62.7 Å². The van der Waals surface area contributed by atoms with E-state index in [2.05, 4.69) is 0 Å². The zero-order valence-corrected chi connectivity index (χ0v) is 16.8. The molecule has 2 amide bonds. The Bertz CT molecular complexity index is 770. The van der Waals surface area contributed by atoms with Crippen LogP contribution in [0.2, 0.25) is 0 Å². The second-order valence-corrected chi connectivity index (χ2v) is 9.12. The lowest BCUT2D eigenvalue weighted by Gasteiger charge is -2.49. The molecule has 1 atom stereocenters. The minimum Gasteiger partial charge on any atom is -0.507 e. The number of phenols is 1. The first-order valence-corrected chi connectivity index (χ1v) is 10.4. The van der Waals surface area contributed by atoms with Crippen molar-refractivity contribution in [3.8, 4) is 5.75 Å². The van der Waals surface area contributed by atoms with E-state index in [0.717, 1.165) is 32.1 Å². The molecule has 3 fully saturated rings. The second-order valence-electron chi connectivity index (χ2n) is 9.12. The molecule has 1 aliphatic carbocycles. The molecule has 2 aliphatic heterocycles. The van der Waals surface area contributed by atoms with Crippen molar-refractivity contribution in [3.05, 3.63) is 29.8 Å². The van der Waals surface area contributed by atoms with Crippen molar-refractivity contribution in [2.45, 2.75) is 69.6 Å². The Labute approximate surface area is 166 Å². The minimum absolute atomic E-state index is 0.0175. The third kappa shape index (κ3) is 3.50. The molecule has 152 valence electrons. The molecule has 2 saturated heterocycles. The van der Waals surface area contributed by atoms with Crippen LogP contribution in [-0.2, 0) is 9.53 Å². The molecule has 0 bridgehead atoms. The summed E-state index contributed by atoms with van der Waals surface area (Å²) >= 11 is 0. The van der Waals surface area contributed by atoms with Gasteiger partial charge in [-0.05, 0) is 51.7 Å². The molecular weight excluding hydrogens is 356 g/mol. The molecule has 6 heteroatoms. The fourth-order valence-corrected chi connectivity index (χ4v) is 5.24. The van der Waals surface area contributed by atoms with Crippen LogP contribution < -0.4 is 0 Å². The number of carbonyl (C=O) groups excluding carboxylic acids is 2. The van der Waals surface area contributed by atoms with E-state index in [4.69, 9.17) is 4.74 Å². The number of likely N-dealkylation sites (tertiary alicyclic amines) is 1. The summed E-state index contributed by atoms with van der Waals surface area (Å²) in [6.07, 6.45) is 5.73. The highest BCUT2D eigenvalue weighted by atomic mass is 16.5. The molecule has 1 N–H and O–H groups in total. The van der Waals surface area contributed by atoms with E-state index in [1.54, 1.807) is 23.1 Å². The Balaban J connectivity index is 1.55. The fraction of sp³-hybridized carbons (Fsp3) is 0.636.